The minimum Gasteiger partial charge on any atom is -0.478 e. The van der Waals surface area contributed by atoms with Gasteiger partial charge in [0.25, 0.3) is 10.0 Å². The Kier molecular flexibility index (Phi) is 3.30. The number of rotatable bonds is 6. The van der Waals surface area contributed by atoms with E-state index in [1.54, 1.807) is 12.1 Å². The van der Waals surface area contributed by atoms with Crippen LogP contribution in [0.2, 0.25) is 0 Å². The van der Waals surface area contributed by atoms with Gasteiger partial charge in [-0.25, -0.2) is 13.2 Å². The molecule has 1 aliphatic rings. The smallest absolute Gasteiger partial charge is 0.340 e. The largest absolute Gasteiger partial charge is 0.478 e. The van der Waals surface area contributed by atoms with Crippen LogP contribution in [-0.4, -0.2) is 40.0 Å². The third-order valence-corrected chi connectivity index (χ3v) is 5.12. The Balaban J connectivity index is 1.97. The minimum atomic E-state index is -3.97. The first-order valence-corrected chi connectivity index (χ1v) is 7.75. The quantitative estimate of drug-likeness (QED) is 0.823. The summed E-state index contributed by atoms with van der Waals surface area (Å²) >= 11 is 0. The Morgan fingerprint density at radius 1 is 1.52 bits per heavy atom. The normalized spacial score (nSPS) is 15.5. The van der Waals surface area contributed by atoms with Crippen molar-refractivity contribution < 1.29 is 22.7 Å². The number of sulfonamides is 1. The van der Waals surface area contributed by atoms with E-state index >= 15 is 0 Å². The second-order valence-corrected chi connectivity index (χ2v) is 6.61. The molecular weight excluding hydrogens is 298 g/mol. The van der Waals surface area contributed by atoms with E-state index in [1.807, 2.05) is 0 Å². The van der Waals surface area contributed by atoms with Crippen LogP contribution in [-0.2, 0) is 16.6 Å². The maximum atomic E-state index is 12.7. The lowest BCUT2D eigenvalue weighted by Crippen LogP contribution is -2.33. The standard InChI is InChI=1S/C12H13N3O5S/c16-12(17)10-6-13-14-11(10)21(18,19)15(8-3-4-8)7-9-2-1-5-20-9/h1-2,5-6,8H,3-4,7H2,(H,13,14)(H,16,17). The average molecular weight is 311 g/mol. The lowest BCUT2D eigenvalue weighted by atomic mass is 10.4. The molecule has 1 saturated carbocycles. The number of nitrogens with one attached hydrogen (secondary N) is 1. The van der Waals surface area contributed by atoms with Crippen LogP contribution < -0.4 is 0 Å². The van der Waals surface area contributed by atoms with Gasteiger partial charge in [-0.15, -0.1) is 0 Å². The van der Waals surface area contributed by atoms with Crippen molar-refractivity contribution >= 4 is 16.0 Å². The second kappa shape index (κ2) is 5.01. The number of hydrogen-bond acceptors (Lipinski definition) is 5. The highest BCUT2D eigenvalue weighted by Gasteiger charge is 2.41. The number of furan rings is 1. The average Bonchev–Trinajstić information content (AvgIpc) is 2.95. The fourth-order valence-electron chi connectivity index (χ4n) is 2.07. The molecule has 0 atom stereocenters. The number of hydrogen-bond donors (Lipinski definition) is 2. The van der Waals surface area contributed by atoms with Crippen LogP contribution in [0.5, 0.6) is 0 Å². The lowest BCUT2D eigenvalue weighted by molar-refractivity contribution is 0.0692. The number of H-pyrrole nitrogens is 1. The fourth-order valence-corrected chi connectivity index (χ4v) is 3.79. The molecule has 2 aromatic rings. The van der Waals surface area contributed by atoms with Gasteiger partial charge < -0.3 is 9.52 Å². The predicted molar refractivity (Wildman–Crippen MR) is 70.0 cm³/mol. The van der Waals surface area contributed by atoms with Crippen molar-refractivity contribution in [2.75, 3.05) is 0 Å². The van der Waals surface area contributed by atoms with Gasteiger partial charge in [0, 0.05) is 6.04 Å². The maximum absolute atomic E-state index is 12.7. The molecule has 0 spiro atoms. The van der Waals surface area contributed by atoms with E-state index in [0.717, 1.165) is 19.0 Å². The van der Waals surface area contributed by atoms with E-state index in [4.69, 9.17) is 9.52 Å². The van der Waals surface area contributed by atoms with Crippen LogP contribution in [0.15, 0.2) is 34.0 Å². The summed E-state index contributed by atoms with van der Waals surface area (Å²) in [4.78, 5) is 11.1. The van der Waals surface area contributed by atoms with Crippen LogP contribution >= 0.6 is 0 Å². The van der Waals surface area contributed by atoms with E-state index in [0.29, 0.717) is 5.76 Å². The molecule has 0 radical (unpaired) electrons. The molecule has 1 aliphatic carbocycles. The Morgan fingerprint density at radius 2 is 2.29 bits per heavy atom. The van der Waals surface area contributed by atoms with Crippen molar-refractivity contribution in [1.29, 1.82) is 0 Å². The molecule has 112 valence electrons. The third-order valence-electron chi connectivity index (χ3n) is 3.25. The molecular formula is C12H13N3O5S. The highest BCUT2D eigenvalue weighted by atomic mass is 32.2. The lowest BCUT2D eigenvalue weighted by Gasteiger charge is -2.20. The van der Waals surface area contributed by atoms with Crippen LogP contribution in [0.4, 0.5) is 0 Å². The molecule has 21 heavy (non-hydrogen) atoms. The summed E-state index contributed by atoms with van der Waals surface area (Å²) in [6.45, 7) is 0.0675. The molecule has 9 heteroatoms. The molecule has 0 amide bonds. The van der Waals surface area contributed by atoms with Crippen molar-refractivity contribution in [2.45, 2.75) is 30.5 Å². The first-order valence-electron chi connectivity index (χ1n) is 6.31. The molecule has 1 fully saturated rings. The first kappa shape index (κ1) is 13.8. The van der Waals surface area contributed by atoms with Crippen molar-refractivity contribution in [1.82, 2.24) is 14.5 Å². The zero-order valence-corrected chi connectivity index (χ0v) is 11.7. The number of carbonyl (C=O) groups is 1. The SMILES string of the molecule is O=C(O)c1cn[nH]c1S(=O)(=O)N(Cc1ccco1)C1CC1. The van der Waals surface area contributed by atoms with E-state index < -0.39 is 21.0 Å². The summed E-state index contributed by atoms with van der Waals surface area (Å²) in [6.07, 6.45) is 3.95. The zero-order chi connectivity index (χ0) is 15.0. The van der Waals surface area contributed by atoms with E-state index in [-0.39, 0.29) is 18.2 Å². The van der Waals surface area contributed by atoms with E-state index in [9.17, 15) is 13.2 Å². The molecule has 0 aromatic carbocycles. The van der Waals surface area contributed by atoms with Crippen molar-refractivity contribution in [3.8, 4) is 0 Å². The van der Waals surface area contributed by atoms with Crippen molar-refractivity contribution in [3.63, 3.8) is 0 Å². The Bertz CT molecular complexity index is 746. The number of carboxylic acid groups (broad SMARTS) is 1. The summed E-state index contributed by atoms with van der Waals surface area (Å²) < 4.78 is 31.8. The number of carboxylic acids is 1. The minimum absolute atomic E-state index is 0.0675. The third kappa shape index (κ3) is 2.57. The van der Waals surface area contributed by atoms with Crippen LogP contribution in [0.3, 0.4) is 0 Å². The highest BCUT2D eigenvalue weighted by Crippen LogP contribution is 2.33. The molecule has 0 aliphatic heterocycles. The monoisotopic (exact) mass is 311 g/mol. The van der Waals surface area contributed by atoms with Crippen molar-refractivity contribution in [2.24, 2.45) is 0 Å². The Labute approximate surface area is 120 Å². The number of aromatic amines is 1. The van der Waals surface area contributed by atoms with Gasteiger partial charge in [0.1, 0.15) is 11.3 Å². The highest BCUT2D eigenvalue weighted by molar-refractivity contribution is 7.89. The summed E-state index contributed by atoms with van der Waals surface area (Å²) in [5.41, 5.74) is -0.361. The summed E-state index contributed by atoms with van der Waals surface area (Å²) in [6, 6.07) is 3.21. The van der Waals surface area contributed by atoms with Gasteiger partial charge in [0.2, 0.25) is 0 Å². The summed E-state index contributed by atoms with van der Waals surface area (Å²) in [5, 5.41) is 14.5. The van der Waals surface area contributed by atoms with Crippen LogP contribution in [0.1, 0.15) is 29.0 Å². The molecule has 3 rings (SSSR count). The molecule has 0 bridgehead atoms. The number of nitrogens with zero attached hydrogens (tertiary/aromatic N) is 2. The molecule has 2 heterocycles. The fraction of sp³-hybridized carbons (Fsp3) is 0.333. The molecule has 0 unspecified atom stereocenters. The molecule has 0 saturated heterocycles. The summed E-state index contributed by atoms with van der Waals surface area (Å²) in [5.74, 6) is -0.835. The Hall–Kier alpha value is -2.13. The molecule has 2 aromatic heterocycles. The van der Waals surface area contributed by atoms with Gasteiger partial charge in [-0.05, 0) is 25.0 Å². The van der Waals surface area contributed by atoms with Gasteiger partial charge in [-0.2, -0.15) is 9.40 Å². The number of aromatic carboxylic acids is 1. The first-order chi connectivity index (χ1) is 10.00. The number of aromatic nitrogens is 2. The topological polar surface area (TPSA) is 116 Å². The van der Waals surface area contributed by atoms with Gasteiger partial charge in [-0.3, -0.25) is 5.10 Å². The molecule has 2 N–H and O–H groups in total. The van der Waals surface area contributed by atoms with E-state index in [1.165, 1.54) is 10.6 Å². The van der Waals surface area contributed by atoms with Crippen LogP contribution in [0, 0.1) is 0 Å². The maximum Gasteiger partial charge on any atom is 0.340 e. The van der Waals surface area contributed by atoms with Gasteiger partial charge in [0.15, 0.2) is 5.03 Å². The van der Waals surface area contributed by atoms with Gasteiger partial charge >= 0.3 is 5.97 Å². The second-order valence-electron chi connectivity index (χ2n) is 4.78. The van der Waals surface area contributed by atoms with Gasteiger partial charge in [0.05, 0.1) is 19.0 Å². The zero-order valence-electron chi connectivity index (χ0n) is 10.9. The summed E-state index contributed by atoms with van der Waals surface area (Å²) in [7, 11) is -3.97. The predicted octanol–water partition coefficient (Wildman–Crippen LogP) is 1.05. The van der Waals surface area contributed by atoms with Gasteiger partial charge in [-0.1, -0.05) is 0 Å². The van der Waals surface area contributed by atoms with Crippen molar-refractivity contribution in [3.05, 3.63) is 35.9 Å². The van der Waals surface area contributed by atoms with E-state index in [2.05, 4.69) is 10.2 Å². The Morgan fingerprint density at radius 3 is 2.86 bits per heavy atom. The van der Waals surface area contributed by atoms with Crippen LogP contribution in [0.25, 0.3) is 0 Å². The molecule has 8 nitrogen and oxygen atoms in total.